The number of nitrogens with zero attached hydrogens (tertiary/aromatic N) is 1. The Bertz CT molecular complexity index is 1300. The summed E-state index contributed by atoms with van der Waals surface area (Å²) in [5.41, 5.74) is 5.67. The Labute approximate surface area is 231 Å². The Hall–Kier alpha value is -3.65. The molecular formula is C30H32BrN3O4. The van der Waals surface area contributed by atoms with E-state index in [9.17, 15) is 14.4 Å². The normalized spacial score (nSPS) is 14.9. The molecule has 0 saturated carbocycles. The topological polar surface area (TPSA) is 87.7 Å². The van der Waals surface area contributed by atoms with Crippen LogP contribution < -0.4 is 20.3 Å². The minimum absolute atomic E-state index is 0.0919. The second kappa shape index (κ2) is 12.3. The quantitative estimate of drug-likeness (QED) is 0.360. The van der Waals surface area contributed by atoms with Crippen molar-refractivity contribution in [1.29, 1.82) is 0 Å². The average molecular weight is 579 g/mol. The van der Waals surface area contributed by atoms with Crippen molar-refractivity contribution >= 4 is 45.0 Å². The van der Waals surface area contributed by atoms with Gasteiger partial charge in [-0.15, -0.1) is 0 Å². The number of anilines is 2. The van der Waals surface area contributed by atoms with Gasteiger partial charge in [0.25, 0.3) is 5.91 Å². The molecule has 0 spiro atoms. The highest BCUT2D eigenvalue weighted by molar-refractivity contribution is 9.10. The third-order valence-electron chi connectivity index (χ3n) is 6.67. The van der Waals surface area contributed by atoms with Crippen molar-refractivity contribution in [1.82, 2.24) is 5.32 Å². The van der Waals surface area contributed by atoms with Gasteiger partial charge in [-0.3, -0.25) is 14.4 Å². The van der Waals surface area contributed by atoms with E-state index in [1.165, 1.54) is 5.56 Å². The maximum Gasteiger partial charge on any atom is 0.262 e. The first-order chi connectivity index (χ1) is 18.2. The summed E-state index contributed by atoms with van der Waals surface area (Å²) in [7, 11) is 0. The van der Waals surface area contributed by atoms with Crippen LogP contribution in [0, 0.1) is 19.8 Å². The molecule has 3 aromatic carbocycles. The van der Waals surface area contributed by atoms with Crippen molar-refractivity contribution in [2.75, 3.05) is 23.4 Å². The molecule has 1 fully saturated rings. The maximum atomic E-state index is 12.7. The van der Waals surface area contributed by atoms with E-state index in [4.69, 9.17) is 4.74 Å². The molecule has 0 radical (unpaired) electrons. The number of halogens is 1. The summed E-state index contributed by atoms with van der Waals surface area (Å²) < 4.78 is 6.61. The third kappa shape index (κ3) is 6.81. The molecule has 198 valence electrons. The SMILES string of the molecule is CCc1ccc(CNC(=O)[C@H]2CC(=O)N(c3ccc(OCC(=O)Nc4c(C)cc(Br)cc4C)cc3)C2)cc1. The Morgan fingerprint density at radius 1 is 1.00 bits per heavy atom. The summed E-state index contributed by atoms with van der Waals surface area (Å²) in [6.07, 6.45) is 1.15. The van der Waals surface area contributed by atoms with Gasteiger partial charge in [-0.25, -0.2) is 0 Å². The monoisotopic (exact) mass is 577 g/mol. The van der Waals surface area contributed by atoms with Gasteiger partial charge in [-0.05, 0) is 78.9 Å². The Kier molecular flexibility index (Phi) is 8.84. The lowest BCUT2D eigenvalue weighted by atomic mass is 10.1. The summed E-state index contributed by atoms with van der Waals surface area (Å²) in [5.74, 6) is -0.355. The van der Waals surface area contributed by atoms with Crippen LogP contribution in [0.25, 0.3) is 0 Å². The zero-order valence-corrected chi connectivity index (χ0v) is 23.4. The molecule has 0 aromatic heterocycles. The van der Waals surface area contributed by atoms with Gasteiger partial charge >= 0.3 is 0 Å². The van der Waals surface area contributed by atoms with Crippen LogP contribution in [0.3, 0.4) is 0 Å². The Balaban J connectivity index is 1.27. The molecule has 0 unspecified atom stereocenters. The summed E-state index contributed by atoms with van der Waals surface area (Å²) in [4.78, 5) is 39.4. The molecule has 1 heterocycles. The zero-order valence-electron chi connectivity index (χ0n) is 21.8. The van der Waals surface area contributed by atoms with Gasteiger partial charge in [-0.1, -0.05) is 47.1 Å². The minimum atomic E-state index is -0.400. The number of ether oxygens (including phenoxy) is 1. The van der Waals surface area contributed by atoms with Crippen LogP contribution in [0.2, 0.25) is 0 Å². The molecule has 38 heavy (non-hydrogen) atoms. The fraction of sp³-hybridized carbons (Fsp3) is 0.300. The van der Waals surface area contributed by atoms with Gasteiger partial charge in [0, 0.05) is 35.4 Å². The average Bonchev–Trinajstić information content (AvgIpc) is 3.30. The number of benzene rings is 3. The molecule has 1 aliphatic rings. The molecule has 0 aliphatic carbocycles. The van der Waals surface area contributed by atoms with Crippen LogP contribution in [0.15, 0.2) is 65.1 Å². The summed E-state index contributed by atoms with van der Waals surface area (Å²) in [6.45, 7) is 6.60. The number of carbonyl (C=O) groups is 3. The van der Waals surface area contributed by atoms with E-state index < -0.39 is 5.92 Å². The number of carbonyl (C=O) groups excluding carboxylic acids is 3. The van der Waals surface area contributed by atoms with Gasteiger partial charge in [0.05, 0.1) is 5.92 Å². The molecule has 7 nitrogen and oxygen atoms in total. The fourth-order valence-corrected chi connectivity index (χ4v) is 5.20. The number of nitrogens with one attached hydrogen (secondary N) is 2. The molecule has 8 heteroatoms. The number of aryl methyl sites for hydroxylation is 3. The third-order valence-corrected chi connectivity index (χ3v) is 7.13. The van der Waals surface area contributed by atoms with E-state index in [-0.39, 0.29) is 30.7 Å². The number of hydrogen-bond donors (Lipinski definition) is 2. The van der Waals surface area contributed by atoms with Gasteiger partial charge in [-0.2, -0.15) is 0 Å². The van der Waals surface area contributed by atoms with E-state index in [2.05, 4.69) is 45.6 Å². The molecule has 3 amide bonds. The molecule has 0 bridgehead atoms. The molecule has 4 rings (SSSR count). The molecule has 3 aromatic rings. The Morgan fingerprint density at radius 3 is 2.26 bits per heavy atom. The molecule has 1 atom stereocenters. The van der Waals surface area contributed by atoms with Crippen LogP contribution in [0.5, 0.6) is 5.75 Å². The maximum absolute atomic E-state index is 12.7. The van der Waals surface area contributed by atoms with Crippen LogP contribution in [0.4, 0.5) is 11.4 Å². The highest BCUT2D eigenvalue weighted by Gasteiger charge is 2.35. The largest absolute Gasteiger partial charge is 0.484 e. The van der Waals surface area contributed by atoms with Gasteiger partial charge < -0.3 is 20.3 Å². The van der Waals surface area contributed by atoms with Crippen molar-refractivity contribution in [3.8, 4) is 5.75 Å². The summed E-state index contributed by atoms with van der Waals surface area (Å²) in [6, 6.07) is 19.0. The molecule has 1 saturated heterocycles. The van der Waals surface area contributed by atoms with E-state index >= 15 is 0 Å². The van der Waals surface area contributed by atoms with Crippen molar-refractivity contribution in [2.24, 2.45) is 5.92 Å². The first kappa shape index (κ1) is 27.4. The van der Waals surface area contributed by atoms with E-state index in [0.29, 0.717) is 24.5 Å². The highest BCUT2D eigenvalue weighted by atomic mass is 79.9. The predicted octanol–water partition coefficient (Wildman–Crippen LogP) is 5.32. The van der Waals surface area contributed by atoms with Crippen LogP contribution in [-0.4, -0.2) is 30.9 Å². The number of amides is 3. The second-order valence-corrected chi connectivity index (χ2v) is 10.5. The lowest BCUT2D eigenvalue weighted by molar-refractivity contribution is -0.126. The van der Waals surface area contributed by atoms with Gasteiger partial charge in [0.2, 0.25) is 11.8 Å². The van der Waals surface area contributed by atoms with Gasteiger partial charge in [0.1, 0.15) is 5.75 Å². The Morgan fingerprint density at radius 2 is 1.63 bits per heavy atom. The van der Waals surface area contributed by atoms with E-state index in [1.54, 1.807) is 29.2 Å². The van der Waals surface area contributed by atoms with Crippen molar-refractivity contribution < 1.29 is 19.1 Å². The highest BCUT2D eigenvalue weighted by Crippen LogP contribution is 2.28. The molecule has 1 aliphatic heterocycles. The standard InChI is InChI=1S/C30H32BrN3O4/c1-4-21-5-7-22(8-6-21)16-32-30(37)23-15-28(36)34(17-23)25-9-11-26(12-10-25)38-18-27(35)33-29-19(2)13-24(31)14-20(29)3/h5-14,23H,4,15-18H2,1-3H3,(H,32,37)(H,33,35)/t23-/m0/s1. The van der Waals surface area contributed by atoms with Crippen molar-refractivity contribution in [2.45, 2.75) is 40.2 Å². The van der Waals surface area contributed by atoms with Crippen molar-refractivity contribution in [3.63, 3.8) is 0 Å². The first-order valence-corrected chi connectivity index (χ1v) is 13.5. The second-order valence-electron chi connectivity index (χ2n) is 9.54. The van der Waals surface area contributed by atoms with E-state index in [1.807, 2.05) is 38.1 Å². The number of hydrogen-bond acceptors (Lipinski definition) is 4. The minimum Gasteiger partial charge on any atom is -0.484 e. The lowest BCUT2D eigenvalue weighted by Crippen LogP contribution is -2.32. The first-order valence-electron chi connectivity index (χ1n) is 12.7. The predicted molar refractivity (Wildman–Crippen MR) is 152 cm³/mol. The van der Waals surface area contributed by atoms with Crippen molar-refractivity contribution in [3.05, 3.63) is 87.4 Å². The van der Waals surface area contributed by atoms with Gasteiger partial charge in [0.15, 0.2) is 6.61 Å². The summed E-state index contributed by atoms with van der Waals surface area (Å²) >= 11 is 3.46. The zero-order chi connectivity index (χ0) is 27.2. The molecule has 2 N–H and O–H groups in total. The summed E-state index contributed by atoms with van der Waals surface area (Å²) in [5, 5.41) is 5.86. The van der Waals surface area contributed by atoms with E-state index in [0.717, 1.165) is 33.3 Å². The fourth-order valence-electron chi connectivity index (χ4n) is 4.51. The van der Waals surface area contributed by atoms with Crippen LogP contribution in [0.1, 0.15) is 35.6 Å². The lowest BCUT2D eigenvalue weighted by Gasteiger charge is -2.17. The smallest absolute Gasteiger partial charge is 0.262 e. The van der Waals surface area contributed by atoms with Crippen LogP contribution >= 0.6 is 15.9 Å². The number of rotatable bonds is 9. The molecular weight excluding hydrogens is 546 g/mol. The van der Waals surface area contributed by atoms with Crippen LogP contribution in [-0.2, 0) is 27.3 Å².